The highest BCUT2D eigenvalue weighted by Gasteiger charge is 2.27. The molecule has 1 aromatic heterocycles. The van der Waals surface area contributed by atoms with Gasteiger partial charge in [-0.2, -0.15) is 0 Å². The summed E-state index contributed by atoms with van der Waals surface area (Å²) in [4.78, 5) is 22.2. The molecule has 2 rings (SSSR count). The number of likely N-dealkylation sites (tertiary alicyclic amines) is 1. The van der Waals surface area contributed by atoms with Gasteiger partial charge in [-0.1, -0.05) is 6.42 Å². The van der Waals surface area contributed by atoms with Gasteiger partial charge in [0, 0.05) is 18.2 Å². The van der Waals surface area contributed by atoms with Gasteiger partial charge in [-0.15, -0.1) is 0 Å². The van der Waals surface area contributed by atoms with E-state index < -0.39 is 5.97 Å². The predicted molar refractivity (Wildman–Crippen MR) is 81.2 cm³/mol. The zero-order valence-electron chi connectivity index (χ0n) is 13.2. The summed E-state index contributed by atoms with van der Waals surface area (Å²) in [5, 5.41) is 8.83. The fourth-order valence-electron chi connectivity index (χ4n) is 3.08. The number of aryl methyl sites for hydroxylation is 2. The largest absolute Gasteiger partial charge is 0.481 e. The van der Waals surface area contributed by atoms with Crippen molar-refractivity contribution in [2.24, 2.45) is 0 Å². The number of nitrogens with zero attached hydrogens (tertiary/aromatic N) is 3. The molecule has 5 nitrogen and oxygen atoms in total. The summed E-state index contributed by atoms with van der Waals surface area (Å²) in [6, 6.07) is 2.83. The number of hydrogen-bond donors (Lipinski definition) is 1. The van der Waals surface area contributed by atoms with Crippen LogP contribution in [0.1, 0.15) is 62.8 Å². The van der Waals surface area contributed by atoms with Gasteiger partial charge >= 0.3 is 5.97 Å². The molecule has 1 fully saturated rings. The van der Waals surface area contributed by atoms with E-state index >= 15 is 0 Å². The first-order valence-electron chi connectivity index (χ1n) is 7.79. The number of aliphatic carboxylic acids is 1. The SMILES string of the molecule is Cc1nc(CCC(=O)O)cc(C2CCCCN2C(C)C)n1. The molecule has 1 aliphatic rings. The summed E-state index contributed by atoms with van der Waals surface area (Å²) in [6.07, 6.45) is 4.17. The van der Waals surface area contributed by atoms with Gasteiger partial charge in [0.15, 0.2) is 0 Å². The number of carboxylic acids is 1. The second-order valence-corrected chi connectivity index (χ2v) is 6.07. The van der Waals surface area contributed by atoms with Crippen LogP contribution in [-0.2, 0) is 11.2 Å². The van der Waals surface area contributed by atoms with Crippen LogP contribution in [0.5, 0.6) is 0 Å². The second-order valence-electron chi connectivity index (χ2n) is 6.07. The molecule has 1 unspecified atom stereocenters. The Morgan fingerprint density at radius 2 is 2.19 bits per heavy atom. The van der Waals surface area contributed by atoms with Crippen LogP contribution in [0.3, 0.4) is 0 Å². The fourth-order valence-corrected chi connectivity index (χ4v) is 3.08. The summed E-state index contributed by atoms with van der Waals surface area (Å²) in [5.74, 6) is -0.0449. The van der Waals surface area contributed by atoms with E-state index in [9.17, 15) is 4.79 Å². The van der Waals surface area contributed by atoms with Gasteiger partial charge in [0.05, 0.1) is 18.2 Å². The lowest BCUT2D eigenvalue weighted by molar-refractivity contribution is -0.136. The molecule has 0 radical (unpaired) electrons. The molecule has 1 atom stereocenters. The molecule has 116 valence electrons. The Morgan fingerprint density at radius 3 is 2.86 bits per heavy atom. The molecule has 1 aromatic rings. The second kappa shape index (κ2) is 6.98. The van der Waals surface area contributed by atoms with Gasteiger partial charge in [0.1, 0.15) is 5.82 Å². The molecule has 0 aliphatic carbocycles. The molecule has 0 saturated carbocycles. The van der Waals surface area contributed by atoms with Crippen LogP contribution in [0.2, 0.25) is 0 Å². The number of hydrogen-bond acceptors (Lipinski definition) is 4. The maximum Gasteiger partial charge on any atom is 0.303 e. The van der Waals surface area contributed by atoms with Gasteiger partial charge in [0.2, 0.25) is 0 Å². The van der Waals surface area contributed by atoms with Gasteiger partial charge < -0.3 is 5.11 Å². The Balaban J connectivity index is 2.22. The monoisotopic (exact) mass is 291 g/mol. The minimum atomic E-state index is -0.783. The average molecular weight is 291 g/mol. The molecule has 21 heavy (non-hydrogen) atoms. The Kier molecular flexibility index (Phi) is 5.28. The Morgan fingerprint density at radius 1 is 1.43 bits per heavy atom. The maximum absolute atomic E-state index is 10.7. The summed E-state index contributed by atoms with van der Waals surface area (Å²) in [6.45, 7) is 7.43. The van der Waals surface area contributed by atoms with Crippen LogP contribution in [0.25, 0.3) is 0 Å². The number of rotatable bonds is 5. The van der Waals surface area contributed by atoms with Crippen LogP contribution in [-0.4, -0.2) is 38.5 Å². The topological polar surface area (TPSA) is 66.3 Å². The van der Waals surface area contributed by atoms with Gasteiger partial charge in [-0.25, -0.2) is 9.97 Å². The lowest BCUT2D eigenvalue weighted by Crippen LogP contribution is -2.39. The highest BCUT2D eigenvalue weighted by Crippen LogP contribution is 2.31. The van der Waals surface area contributed by atoms with Crippen molar-refractivity contribution in [3.63, 3.8) is 0 Å². The van der Waals surface area contributed by atoms with Crippen LogP contribution in [0.4, 0.5) is 0 Å². The summed E-state index contributed by atoms with van der Waals surface area (Å²) in [7, 11) is 0. The van der Waals surface area contributed by atoms with Crippen LogP contribution >= 0.6 is 0 Å². The molecule has 0 bridgehead atoms. The third kappa shape index (κ3) is 4.24. The van der Waals surface area contributed by atoms with E-state index in [2.05, 4.69) is 28.7 Å². The summed E-state index contributed by atoms with van der Waals surface area (Å²) < 4.78 is 0. The average Bonchev–Trinajstić information content (AvgIpc) is 2.44. The van der Waals surface area contributed by atoms with Crippen molar-refractivity contribution in [3.05, 3.63) is 23.3 Å². The Labute approximate surface area is 126 Å². The van der Waals surface area contributed by atoms with Crippen molar-refractivity contribution in [2.45, 2.75) is 65.0 Å². The van der Waals surface area contributed by atoms with Crippen molar-refractivity contribution in [1.29, 1.82) is 0 Å². The highest BCUT2D eigenvalue weighted by molar-refractivity contribution is 5.66. The zero-order chi connectivity index (χ0) is 15.4. The molecular weight excluding hydrogens is 266 g/mol. The fraction of sp³-hybridized carbons (Fsp3) is 0.688. The lowest BCUT2D eigenvalue weighted by atomic mass is 9.96. The van der Waals surface area contributed by atoms with Crippen molar-refractivity contribution >= 4 is 5.97 Å². The predicted octanol–water partition coefficient (Wildman–Crippen LogP) is 2.74. The minimum absolute atomic E-state index is 0.119. The number of aromatic nitrogens is 2. The highest BCUT2D eigenvalue weighted by atomic mass is 16.4. The maximum atomic E-state index is 10.7. The van der Waals surface area contributed by atoms with Crippen LogP contribution in [0, 0.1) is 6.92 Å². The number of piperidine rings is 1. The Bertz CT molecular complexity index is 502. The van der Waals surface area contributed by atoms with E-state index in [-0.39, 0.29) is 6.42 Å². The first-order chi connectivity index (χ1) is 9.97. The molecule has 2 heterocycles. The third-order valence-corrected chi connectivity index (χ3v) is 4.05. The Hall–Kier alpha value is -1.49. The van der Waals surface area contributed by atoms with E-state index in [4.69, 9.17) is 5.11 Å². The minimum Gasteiger partial charge on any atom is -0.481 e. The molecule has 1 aliphatic heterocycles. The van der Waals surface area contributed by atoms with Gasteiger partial charge in [-0.05, 0) is 46.2 Å². The van der Waals surface area contributed by atoms with Gasteiger partial charge in [0.25, 0.3) is 0 Å². The zero-order valence-corrected chi connectivity index (χ0v) is 13.2. The molecule has 0 spiro atoms. The van der Waals surface area contributed by atoms with E-state index in [1.165, 1.54) is 12.8 Å². The quantitative estimate of drug-likeness (QED) is 0.903. The van der Waals surface area contributed by atoms with Crippen molar-refractivity contribution in [2.75, 3.05) is 6.54 Å². The van der Waals surface area contributed by atoms with Crippen molar-refractivity contribution in [3.8, 4) is 0 Å². The molecule has 1 saturated heterocycles. The van der Waals surface area contributed by atoms with Crippen LogP contribution < -0.4 is 0 Å². The number of carboxylic acid groups (broad SMARTS) is 1. The summed E-state index contributed by atoms with van der Waals surface area (Å²) in [5.41, 5.74) is 1.89. The van der Waals surface area contributed by atoms with Crippen molar-refractivity contribution < 1.29 is 9.90 Å². The van der Waals surface area contributed by atoms with E-state index in [1.807, 2.05) is 13.0 Å². The molecular formula is C16H25N3O2. The van der Waals surface area contributed by atoms with Crippen LogP contribution in [0.15, 0.2) is 6.07 Å². The smallest absolute Gasteiger partial charge is 0.303 e. The lowest BCUT2D eigenvalue weighted by Gasteiger charge is -2.38. The standard InChI is InChI=1S/C16H25N3O2/c1-11(2)19-9-5-4-6-15(19)14-10-13(7-8-16(20)21)17-12(3)18-14/h10-11,15H,4-9H2,1-3H3,(H,20,21). The first kappa shape index (κ1) is 15.9. The third-order valence-electron chi connectivity index (χ3n) is 4.05. The van der Waals surface area contributed by atoms with E-state index in [1.54, 1.807) is 0 Å². The molecule has 0 aromatic carbocycles. The molecule has 0 amide bonds. The number of carbonyl (C=O) groups is 1. The van der Waals surface area contributed by atoms with E-state index in [0.29, 0.717) is 18.5 Å². The molecule has 1 N–H and O–H groups in total. The van der Waals surface area contributed by atoms with E-state index in [0.717, 1.165) is 30.2 Å². The first-order valence-corrected chi connectivity index (χ1v) is 7.79. The normalized spacial score (nSPS) is 19.9. The molecule has 5 heteroatoms. The van der Waals surface area contributed by atoms with Crippen molar-refractivity contribution in [1.82, 2.24) is 14.9 Å². The van der Waals surface area contributed by atoms with Gasteiger partial charge in [-0.3, -0.25) is 9.69 Å². The summed E-state index contributed by atoms with van der Waals surface area (Å²) >= 11 is 0.